The quantitative estimate of drug-likeness (QED) is 0.809. The van der Waals surface area contributed by atoms with Crippen LogP contribution in [0.15, 0.2) is 30.5 Å². The summed E-state index contributed by atoms with van der Waals surface area (Å²) in [6.07, 6.45) is 2.54. The Hall–Kier alpha value is -2.08. The number of rotatable bonds is 7. The molecule has 130 valence electrons. The smallest absolute Gasteiger partial charge is 0.387 e. The van der Waals surface area contributed by atoms with Crippen LogP contribution in [0.25, 0.3) is 0 Å². The fourth-order valence-electron chi connectivity index (χ4n) is 2.81. The molecule has 0 amide bonds. The van der Waals surface area contributed by atoms with Crippen molar-refractivity contribution in [2.75, 3.05) is 0 Å². The van der Waals surface area contributed by atoms with Crippen molar-refractivity contribution in [3.63, 3.8) is 0 Å². The highest BCUT2D eigenvalue weighted by atomic mass is 19.3. The predicted octanol–water partition coefficient (Wildman–Crippen LogP) is 4.50. The molecule has 4 nitrogen and oxygen atoms in total. The molecule has 0 saturated heterocycles. The molecule has 1 N–H and O–H groups in total. The van der Waals surface area contributed by atoms with Gasteiger partial charge >= 0.3 is 6.61 Å². The first-order valence-electron chi connectivity index (χ1n) is 8.02. The highest BCUT2D eigenvalue weighted by Crippen LogP contribution is 2.30. The van der Waals surface area contributed by atoms with Crippen LogP contribution in [0.3, 0.4) is 0 Å². The van der Waals surface area contributed by atoms with Crippen LogP contribution in [0.4, 0.5) is 8.78 Å². The molecule has 2 atom stereocenters. The molecule has 2 rings (SSSR count). The molecule has 1 aromatic heterocycles. The maximum atomic E-state index is 12.6. The van der Waals surface area contributed by atoms with Gasteiger partial charge in [-0.1, -0.05) is 25.1 Å². The van der Waals surface area contributed by atoms with Gasteiger partial charge in [0.05, 0.1) is 0 Å². The molecule has 1 aromatic carbocycles. The Morgan fingerprint density at radius 1 is 1.17 bits per heavy atom. The van der Waals surface area contributed by atoms with Gasteiger partial charge in [0, 0.05) is 35.1 Å². The standard InChI is InChI=1S/C18H23F2N3O/c1-5-16(14-8-6-7-9-17(14)24-18(19)20)23-12(3)15-10-21-13(4)22-11(15)2/h6-10,12,16,18,23H,5H2,1-4H3/t12-,16-/m1/s1. The van der Waals surface area contributed by atoms with Crippen molar-refractivity contribution in [3.8, 4) is 5.75 Å². The maximum absolute atomic E-state index is 12.6. The van der Waals surface area contributed by atoms with Crippen molar-refractivity contribution < 1.29 is 13.5 Å². The zero-order valence-corrected chi connectivity index (χ0v) is 14.4. The van der Waals surface area contributed by atoms with E-state index < -0.39 is 6.61 Å². The van der Waals surface area contributed by atoms with Crippen LogP contribution in [0.1, 0.15) is 55.0 Å². The average molecular weight is 335 g/mol. The first-order valence-corrected chi connectivity index (χ1v) is 8.02. The molecule has 0 aliphatic rings. The van der Waals surface area contributed by atoms with E-state index in [0.29, 0.717) is 0 Å². The Morgan fingerprint density at radius 2 is 1.88 bits per heavy atom. The topological polar surface area (TPSA) is 47.0 Å². The summed E-state index contributed by atoms with van der Waals surface area (Å²) in [5.74, 6) is 0.932. The summed E-state index contributed by atoms with van der Waals surface area (Å²) < 4.78 is 29.9. The molecule has 0 spiro atoms. The molecule has 6 heteroatoms. The summed E-state index contributed by atoms with van der Waals surface area (Å²) >= 11 is 0. The van der Waals surface area contributed by atoms with E-state index in [4.69, 9.17) is 0 Å². The maximum Gasteiger partial charge on any atom is 0.387 e. The number of alkyl halides is 2. The predicted molar refractivity (Wildman–Crippen MR) is 89.2 cm³/mol. The van der Waals surface area contributed by atoms with Crippen LogP contribution < -0.4 is 10.1 Å². The van der Waals surface area contributed by atoms with Crippen LogP contribution in [0, 0.1) is 13.8 Å². The van der Waals surface area contributed by atoms with E-state index in [-0.39, 0.29) is 17.8 Å². The first-order chi connectivity index (χ1) is 11.4. The van der Waals surface area contributed by atoms with Gasteiger partial charge in [-0.25, -0.2) is 9.97 Å². The molecule has 0 unspecified atom stereocenters. The van der Waals surface area contributed by atoms with Crippen LogP contribution in [0.2, 0.25) is 0 Å². The third kappa shape index (κ3) is 4.47. The minimum Gasteiger partial charge on any atom is -0.434 e. The molecular formula is C18H23F2N3O. The largest absolute Gasteiger partial charge is 0.434 e. The fourth-order valence-corrected chi connectivity index (χ4v) is 2.81. The zero-order chi connectivity index (χ0) is 17.7. The van der Waals surface area contributed by atoms with E-state index in [1.807, 2.05) is 46.0 Å². The van der Waals surface area contributed by atoms with Gasteiger partial charge in [0.2, 0.25) is 0 Å². The Labute approximate surface area is 141 Å². The molecule has 0 aliphatic heterocycles. The van der Waals surface area contributed by atoms with Crippen LogP contribution in [0.5, 0.6) is 5.75 Å². The first kappa shape index (κ1) is 18.3. The van der Waals surface area contributed by atoms with Crippen LogP contribution >= 0.6 is 0 Å². The van der Waals surface area contributed by atoms with E-state index in [2.05, 4.69) is 20.0 Å². The van der Waals surface area contributed by atoms with Gasteiger partial charge in [-0.15, -0.1) is 0 Å². The van der Waals surface area contributed by atoms with E-state index >= 15 is 0 Å². The molecular weight excluding hydrogens is 312 g/mol. The lowest BCUT2D eigenvalue weighted by Gasteiger charge is -2.25. The fraction of sp³-hybridized carbons (Fsp3) is 0.444. The third-order valence-corrected chi connectivity index (χ3v) is 3.97. The van der Waals surface area contributed by atoms with E-state index in [1.165, 1.54) is 0 Å². The monoisotopic (exact) mass is 335 g/mol. The van der Waals surface area contributed by atoms with Crippen molar-refractivity contribution in [3.05, 3.63) is 53.1 Å². The van der Waals surface area contributed by atoms with Gasteiger partial charge in [0.25, 0.3) is 0 Å². The second kappa shape index (κ2) is 8.15. The number of nitrogens with one attached hydrogen (secondary N) is 1. The lowest BCUT2D eigenvalue weighted by Crippen LogP contribution is -2.26. The van der Waals surface area contributed by atoms with Crippen molar-refractivity contribution in [2.24, 2.45) is 0 Å². The molecule has 0 radical (unpaired) electrons. The molecule has 0 bridgehead atoms. The van der Waals surface area contributed by atoms with Gasteiger partial charge in [0.1, 0.15) is 11.6 Å². The van der Waals surface area contributed by atoms with Gasteiger partial charge in [-0.2, -0.15) is 8.78 Å². The molecule has 24 heavy (non-hydrogen) atoms. The SMILES string of the molecule is CC[C@@H](N[C@H](C)c1cnc(C)nc1C)c1ccccc1OC(F)F. The summed E-state index contributed by atoms with van der Waals surface area (Å²) in [4.78, 5) is 8.63. The number of hydrogen-bond acceptors (Lipinski definition) is 4. The van der Waals surface area contributed by atoms with Gasteiger partial charge in [-0.05, 0) is 33.3 Å². The molecule has 0 saturated carbocycles. The normalized spacial score (nSPS) is 13.8. The summed E-state index contributed by atoms with van der Waals surface area (Å²) in [7, 11) is 0. The van der Waals surface area contributed by atoms with Gasteiger partial charge in [0.15, 0.2) is 0 Å². The summed E-state index contributed by atoms with van der Waals surface area (Å²) in [5, 5.41) is 3.47. The molecule has 1 heterocycles. The number of aromatic nitrogens is 2. The number of hydrogen-bond donors (Lipinski definition) is 1. The minimum atomic E-state index is -2.84. The molecule has 2 aromatic rings. The zero-order valence-electron chi connectivity index (χ0n) is 14.4. The number of halogens is 2. The Bertz CT molecular complexity index is 679. The molecule has 0 fully saturated rings. The van der Waals surface area contributed by atoms with Gasteiger partial charge in [-0.3, -0.25) is 0 Å². The number of benzene rings is 1. The van der Waals surface area contributed by atoms with Crippen LogP contribution in [-0.2, 0) is 0 Å². The van der Waals surface area contributed by atoms with E-state index in [0.717, 1.165) is 29.1 Å². The highest BCUT2D eigenvalue weighted by Gasteiger charge is 2.20. The number of aryl methyl sites for hydroxylation is 2. The molecule has 0 aliphatic carbocycles. The Kier molecular flexibility index (Phi) is 6.20. The Morgan fingerprint density at radius 3 is 2.50 bits per heavy atom. The second-order valence-corrected chi connectivity index (χ2v) is 5.72. The van der Waals surface area contributed by atoms with Crippen molar-refractivity contribution in [1.82, 2.24) is 15.3 Å². The lowest BCUT2D eigenvalue weighted by molar-refractivity contribution is -0.0507. The highest BCUT2D eigenvalue weighted by molar-refractivity contribution is 5.36. The van der Waals surface area contributed by atoms with Crippen molar-refractivity contribution in [2.45, 2.75) is 52.8 Å². The third-order valence-electron chi connectivity index (χ3n) is 3.97. The van der Waals surface area contributed by atoms with Crippen molar-refractivity contribution in [1.29, 1.82) is 0 Å². The van der Waals surface area contributed by atoms with Gasteiger partial charge < -0.3 is 10.1 Å². The summed E-state index contributed by atoms with van der Waals surface area (Å²) in [6, 6.07) is 6.75. The second-order valence-electron chi connectivity index (χ2n) is 5.72. The van der Waals surface area contributed by atoms with E-state index in [1.54, 1.807) is 12.1 Å². The number of para-hydroxylation sites is 1. The minimum absolute atomic E-state index is 0.0184. The van der Waals surface area contributed by atoms with E-state index in [9.17, 15) is 8.78 Å². The number of ether oxygens (including phenoxy) is 1. The van der Waals surface area contributed by atoms with Crippen molar-refractivity contribution >= 4 is 0 Å². The number of nitrogens with zero attached hydrogens (tertiary/aromatic N) is 2. The van der Waals surface area contributed by atoms with Crippen LogP contribution in [-0.4, -0.2) is 16.6 Å². The lowest BCUT2D eigenvalue weighted by atomic mass is 10.0. The summed E-state index contributed by atoms with van der Waals surface area (Å²) in [5.41, 5.74) is 2.62. The average Bonchev–Trinajstić information content (AvgIpc) is 2.52. The summed E-state index contributed by atoms with van der Waals surface area (Å²) in [6.45, 7) is 4.97. The Balaban J connectivity index is 2.23.